The zero-order valence-corrected chi connectivity index (χ0v) is 16.3. The van der Waals surface area contributed by atoms with E-state index in [1.54, 1.807) is 17.1 Å². The summed E-state index contributed by atoms with van der Waals surface area (Å²) in [7, 11) is 1.86. The van der Waals surface area contributed by atoms with Crippen molar-refractivity contribution in [1.29, 1.82) is 0 Å². The van der Waals surface area contributed by atoms with Gasteiger partial charge in [0.05, 0.1) is 23.9 Å². The van der Waals surface area contributed by atoms with Crippen LogP contribution in [0.3, 0.4) is 0 Å². The molecule has 1 N–H and O–H groups in total. The van der Waals surface area contributed by atoms with Gasteiger partial charge in [-0.3, -0.25) is 4.68 Å². The normalized spacial score (nSPS) is 16.9. The summed E-state index contributed by atoms with van der Waals surface area (Å²) in [5, 5.41) is 8.84. The maximum Gasteiger partial charge on any atom is 0.341 e. The molecule has 146 valence electrons. The molecule has 2 aromatic heterocycles. The molecule has 4 rings (SSSR count). The molecule has 28 heavy (non-hydrogen) atoms. The van der Waals surface area contributed by atoms with Gasteiger partial charge in [-0.05, 0) is 31.9 Å². The number of carbonyl (C=O) groups excluding carboxylic acids is 1. The average Bonchev–Trinajstić information content (AvgIpc) is 3.09. The van der Waals surface area contributed by atoms with Gasteiger partial charge in [0.25, 0.3) is 0 Å². The van der Waals surface area contributed by atoms with Crippen LogP contribution in [-0.4, -0.2) is 46.5 Å². The quantitative estimate of drug-likeness (QED) is 0.686. The predicted octanol–water partition coefficient (Wildman–Crippen LogP) is 3.23. The molecule has 0 aliphatic carbocycles. The minimum atomic E-state index is -0.339. The first-order valence-electron chi connectivity index (χ1n) is 9.71. The third-order valence-corrected chi connectivity index (χ3v) is 5.11. The van der Waals surface area contributed by atoms with Crippen LogP contribution in [0.15, 0.2) is 42.7 Å². The molecule has 7 heteroatoms. The number of esters is 1. The summed E-state index contributed by atoms with van der Waals surface area (Å²) in [5.74, 6) is -0.339. The number of hydrogen-bond acceptors (Lipinski definition) is 6. The Morgan fingerprint density at radius 2 is 2.11 bits per heavy atom. The molecule has 1 fully saturated rings. The maximum absolute atomic E-state index is 12.6. The first-order valence-corrected chi connectivity index (χ1v) is 9.71. The maximum atomic E-state index is 12.6. The van der Waals surface area contributed by atoms with E-state index in [4.69, 9.17) is 4.74 Å². The van der Waals surface area contributed by atoms with Crippen molar-refractivity contribution in [2.75, 3.05) is 29.9 Å². The van der Waals surface area contributed by atoms with E-state index in [0.717, 1.165) is 48.3 Å². The number of anilines is 2. The number of rotatable bonds is 5. The monoisotopic (exact) mass is 379 g/mol. The Labute approximate surface area is 164 Å². The van der Waals surface area contributed by atoms with Crippen molar-refractivity contribution in [3.8, 4) is 0 Å². The van der Waals surface area contributed by atoms with Crippen molar-refractivity contribution in [2.24, 2.45) is 7.05 Å². The molecule has 1 aromatic carbocycles. The standard InChI is InChI=1S/C21H25N5O2/c1-3-28-21(27)18-12-22-20-17(13-23-25(20)2)19(18)26-11-7-10-16(14-26)24-15-8-5-4-6-9-15/h4-6,8-9,12-13,16,24H,3,7,10-11,14H2,1-2H3. The second-order valence-electron chi connectivity index (χ2n) is 7.04. The topological polar surface area (TPSA) is 72.3 Å². The Balaban J connectivity index is 1.68. The van der Waals surface area contributed by atoms with Crippen LogP contribution >= 0.6 is 0 Å². The molecule has 1 aliphatic rings. The number of nitrogens with one attached hydrogen (secondary N) is 1. The summed E-state index contributed by atoms with van der Waals surface area (Å²) in [5.41, 5.74) is 3.25. The third kappa shape index (κ3) is 3.52. The molecule has 0 saturated carbocycles. The Hall–Kier alpha value is -3.09. The Kier molecular flexibility index (Phi) is 5.14. The lowest BCUT2D eigenvalue weighted by molar-refractivity contribution is 0.0526. The number of fused-ring (bicyclic) bond motifs is 1. The second-order valence-corrected chi connectivity index (χ2v) is 7.04. The number of para-hydroxylation sites is 1. The molecule has 3 heterocycles. The van der Waals surface area contributed by atoms with Crippen LogP contribution in [0.2, 0.25) is 0 Å². The smallest absolute Gasteiger partial charge is 0.341 e. The van der Waals surface area contributed by atoms with Crippen LogP contribution in [0.4, 0.5) is 11.4 Å². The molecule has 0 bridgehead atoms. The van der Waals surface area contributed by atoms with Crippen LogP contribution in [0.25, 0.3) is 11.0 Å². The SMILES string of the molecule is CCOC(=O)c1cnc2c(cnn2C)c1N1CCCC(Nc2ccccc2)C1. The van der Waals surface area contributed by atoms with Crippen molar-refractivity contribution in [1.82, 2.24) is 14.8 Å². The number of pyridine rings is 1. The number of nitrogens with zero attached hydrogens (tertiary/aromatic N) is 4. The second kappa shape index (κ2) is 7.88. The zero-order valence-electron chi connectivity index (χ0n) is 16.3. The summed E-state index contributed by atoms with van der Waals surface area (Å²) in [6.07, 6.45) is 5.53. The molecular weight excluding hydrogens is 354 g/mol. The van der Waals surface area contributed by atoms with Crippen molar-refractivity contribution in [3.05, 3.63) is 48.3 Å². The molecule has 0 spiro atoms. The molecule has 1 saturated heterocycles. The molecular formula is C21H25N5O2. The van der Waals surface area contributed by atoms with E-state index in [1.807, 2.05) is 32.2 Å². The van der Waals surface area contributed by atoms with Gasteiger partial charge in [0, 0.05) is 38.1 Å². The largest absolute Gasteiger partial charge is 0.462 e. The molecule has 0 radical (unpaired) electrons. The Bertz CT molecular complexity index is 970. The Morgan fingerprint density at radius 3 is 2.89 bits per heavy atom. The fourth-order valence-corrected chi connectivity index (χ4v) is 3.85. The molecule has 3 aromatic rings. The first-order chi connectivity index (χ1) is 13.7. The van der Waals surface area contributed by atoms with Crippen molar-refractivity contribution in [3.63, 3.8) is 0 Å². The number of benzene rings is 1. The van der Waals surface area contributed by atoms with E-state index in [-0.39, 0.29) is 5.97 Å². The predicted molar refractivity (Wildman–Crippen MR) is 110 cm³/mol. The number of hydrogen-bond donors (Lipinski definition) is 1. The lowest BCUT2D eigenvalue weighted by Crippen LogP contribution is -2.43. The zero-order chi connectivity index (χ0) is 19.5. The van der Waals surface area contributed by atoms with Gasteiger partial charge in [-0.1, -0.05) is 18.2 Å². The van der Waals surface area contributed by atoms with E-state index < -0.39 is 0 Å². The average molecular weight is 379 g/mol. The number of piperidine rings is 1. The minimum Gasteiger partial charge on any atom is -0.462 e. The highest BCUT2D eigenvalue weighted by atomic mass is 16.5. The van der Waals surface area contributed by atoms with E-state index in [0.29, 0.717) is 18.2 Å². The van der Waals surface area contributed by atoms with Gasteiger partial charge in [-0.15, -0.1) is 0 Å². The van der Waals surface area contributed by atoms with Gasteiger partial charge >= 0.3 is 5.97 Å². The van der Waals surface area contributed by atoms with Crippen LogP contribution in [0.5, 0.6) is 0 Å². The number of ether oxygens (including phenoxy) is 1. The van der Waals surface area contributed by atoms with Gasteiger partial charge < -0.3 is 15.0 Å². The number of carbonyl (C=O) groups is 1. The van der Waals surface area contributed by atoms with Crippen LogP contribution in [0.1, 0.15) is 30.1 Å². The minimum absolute atomic E-state index is 0.297. The van der Waals surface area contributed by atoms with Crippen molar-refractivity contribution >= 4 is 28.4 Å². The van der Waals surface area contributed by atoms with Crippen LogP contribution in [-0.2, 0) is 11.8 Å². The highest BCUT2D eigenvalue weighted by Crippen LogP contribution is 2.32. The van der Waals surface area contributed by atoms with E-state index in [1.165, 1.54) is 0 Å². The van der Waals surface area contributed by atoms with Crippen molar-refractivity contribution < 1.29 is 9.53 Å². The number of aromatic nitrogens is 3. The summed E-state index contributed by atoms with van der Waals surface area (Å²) >= 11 is 0. The lowest BCUT2D eigenvalue weighted by Gasteiger charge is -2.36. The molecule has 0 amide bonds. The highest BCUT2D eigenvalue weighted by Gasteiger charge is 2.27. The van der Waals surface area contributed by atoms with Gasteiger partial charge in [-0.25, -0.2) is 9.78 Å². The fraction of sp³-hybridized carbons (Fsp3) is 0.381. The molecule has 1 aliphatic heterocycles. The first kappa shape index (κ1) is 18.3. The lowest BCUT2D eigenvalue weighted by atomic mass is 10.0. The molecule has 1 atom stereocenters. The van der Waals surface area contributed by atoms with E-state index in [9.17, 15) is 4.79 Å². The molecule has 1 unspecified atom stereocenters. The van der Waals surface area contributed by atoms with Gasteiger partial charge in [0.1, 0.15) is 5.56 Å². The summed E-state index contributed by atoms with van der Waals surface area (Å²) in [6, 6.07) is 10.5. The molecule has 7 nitrogen and oxygen atoms in total. The summed E-state index contributed by atoms with van der Waals surface area (Å²) in [6.45, 7) is 3.83. The van der Waals surface area contributed by atoms with Crippen LogP contribution in [0, 0.1) is 0 Å². The van der Waals surface area contributed by atoms with E-state index in [2.05, 4.69) is 32.4 Å². The van der Waals surface area contributed by atoms with Gasteiger partial charge in [-0.2, -0.15) is 5.10 Å². The third-order valence-electron chi connectivity index (χ3n) is 5.11. The number of aryl methyl sites for hydroxylation is 1. The highest BCUT2D eigenvalue weighted by molar-refractivity contribution is 6.04. The Morgan fingerprint density at radius 1 is 1.29 bits per heavy atom. The summed E-state index contributed by atoms with van der Waals surface area (Å²) < 4.78 is 7.02. The van der Waals surface area contributed by atoms with Gasteiger partial charge in [0.15, 0.2) is 5.65 Å². The van der Waals surface area contributed by atoms with Crippen molar-refractivity contribution in [2.45, 2.75) is 25.8 Å². The van der Waals surface area contributed by atoms with Gasteiger partial charge in [0.2, 0.25) is 0 Å². The van der Waals surface area contributed by atoms with E-state index >= 15 is 0 Å². The summed E-state index contributed by atoms with van der Waals surface area (Å²) in [4.78, 5) is 19.3. The fourth-order valence-electron chi connectivity index (χ4n) is 3.85. The van der Waals surface area contributed by atoms with Crippen LogP contribution < -0.4 is 10.2 Å².